The van der Waals surface area contributed by atoms with Gasteiger partial charge in [-0.05, 0) is 82.2 Å². The summed E-state index contributed by atoms with van der Waals surface area (Å²) in [5, 5.41) is 6.79. The third kappa shape index (κ3) is 5.46. The lowest BCUT2D eigenvalue weighted by atomic mass is 10.0. The molecule has 0 saturated carbocycles. The minimum atomic E-state index is -4.65. The van der Waals surface area contributed by atoms with E-state index in [4.69, 9.17) is 16.6 Å². The molecular weight excluding hydrogens is 527 g/mol. The second-order valence-electron chi connectivity index (χ2n) is 10.00. The van der Waals surface area contributed by atoms with Crippen LogP contribution in [-0.2, 0) is 6.18 Å². The number of likely N-dealkylation sites (tertiary alicyclic amines) is 1. The van der Waals surface area contributed by atoms with Crippen LogP contribution in [0.5, 0.6) is 0 Å². The monoisotopic (exact) mass is 555 g/mol. The van der Waals surface area contributed by atoms with Crippen LogP contribution >= 0.6 is 11.6 Å². The maximum atomic E-state index is 13.6. The summed E-state index contributed by atoms with van der Waals surface area (Å²) in [5.41, 5.74) is 2.90. The fourth-order valence-electron chi connectivity index (χ4n) is 5.18. The number of nitrogens with one attached hydrogen (secondary N) is 3. The average molecular weight is 556 g/mol. The van der Waals surface area contributed by atoms with E-state index in [1.54, 1.807) is 12.1 Å². The van der Waals surface area contributed by atoms with Crippen LogP contribution in [0.4, 0.5) is 24.5 Å². The predicted octanol–water partition coefficient (Wildman–Crippen LogP) is 7.74. The first-order valence-electron chi connectivity index (χ1n) is 12.8. The van der Waals surface area contributed by atoms with Gasteiger partial charge in [-0.1, -0.05) is 29.8 Å². The lowest BCUT2D eigenvalue weighted by Crippen LogP contribution is -2.19. The molecule has 0 radical (unpaired) electrons. The first-order chi connectivity index (χ1) is 18.5. The second-order valence-corrected chi connectivity index (χ2v) is 10.4. The summed E-state index contributed by atoms with van der Waals surface area (Å²) in [5.74, 6) is -0.0157. The molecule has 1 amide bonds. The Hall–Kier alpha value is -3.56. The van der Waals surface area contributed by atoms with E-state index in [1.165, 1.54) is 18.2 Å². The summed E-state index contributed by atoms with van der Waals surface area (Å²) in [4.78, 5) is 23.6. The van der Waals surface area contributed by atoms with Crippen molar-refractivity contribution < 1.29 is 18.0 Å². The average Bonchev–Trinajstić information content (AvgIpc) is 3.51. The van der Waals surface area contributed by atoms with Crippen molar-refractivity contribution in [2.75, 3.05) is 24.2 Å². The number of carbonyl (C=O) groups is 1. The minimum absolute atomic E-state index is 0.139. The largest absolute Gasteiger partial charge is 0.417 e. The summed E-state index contributed by atoms with van der Waals surface area (Å²) in [6.07, 6.45) is -2.61. The van der Waals surface area contributed by atoms with Gasteiger partial charge in [-0.2, -0.15) is 13.2 Å². The van der Waals surface area contributed by atoms with Crippen LogP contribution in [0.25, 0.3) is 11.0 Å². The van der Waals surface area contributed by atoms with Gasteiger partial charge in [-0.15, -0.1) is 0 Å². The number of imidazole rings is 1. The second kappa shape index (κ2) is 10.5. The van der Waals surface area contributed by atoms with E-state index in [1.807, 2.05) is 32.0 Å². The topological polar surface area (TPSA) is 73.0 Å². The number of aromatic nitrogens is 2. The molecule has 4 aromatic rings. The van der Waals surface area contributed by atoms with Crippen molar-refractivity contribution in [1.82, 2.24) is 14.9 Å². The molecule has 1 fully saturated rings. The number of halogens is 4. The molecule has 1 unspecified atom stereocenters. The van der Waals surface area contributed by atoms with Gasteiger partial charge in [0.15, 0.2) is 0 Å². The van der Waals surface area contributed by atoms with Gasteiger partial charge in [0.25, 0.3) is 5.91 Å². The summed E-state index contributed by atoms with van der Waals surface area (Å²) < 4.78 is 40.7. The number of rotatable bonds is 6. The van der Waals surface area contributed by atoms with Gasteiger partial charge in [0.2, 0.25) is 0 Å². The summed E-state index contributed by atoms with van der Waals surface area (Å²) in [6, 6.07) is 13.7. The number of aromatic amines is 1. The standard InChI is InChI=1S/C29H29ClF3N5O/c1-16-22(30)10-6-11-23(16)34-17(2)20-14-18(35-28(39)19-8-4-5-9-21(19)29(31,32)33)15-24-26(20)37-27(36-24)25-12-7-13-38(25)3/h4-6,8-11,14-15,17,25,34H,7,12-13H2,1-3H3,(H,35,39)(H,36,37)/t17?,25-/m0/s1. The third-order valence-corrected chi connectivity index (χ3v) is 7.72. The van der Waals surface area contributed by atoms with E-state index in [2.05, 4.69) is 27.6 Å². The molecule has 39 heavy (non-hydrogen) atoms. The Bertz CT molecular complexity index is 1530. The van der Waals surface area contributed by atoms with E-state index < -0.39 is 23.2 Å². The fraction of sp³-hybridized carbons (Fsp3) is 0.310. The predicted molar refractivity (Wildman–Crippen MR) is 148 cm³/mol. The highest BCUT2D eigenvalue weighted by Crippen LogP contribution is 2.36. The highest BCUT2D eigenvalue weighted by Gasteiger charge is 2.35. The molecule has 1 aliphatic rings. The number of hydrogen-bond acceptors (Lipinski definition) is 4. The molecular formula is C29H29ClF3N5O. The van der Waals surface area contributed by atoms with Gasteiger partial charge < -0.3 is 15.6 Å². The SMILES string of the molecule is Cc1c(Cl)cccc1NC(C)c1cc(NC(=O)c2ccccc2C(F)(F)F)cc2[nH]c([C@@H]3CCCN3C)nc12. The van der Waals surface area contributed by atoms with Crippen molar-refractivity contribution in [3.05, 3.63) is 87.7 Å². The number of alkyl halides is 3. The first kappa shape index (κ1) is 27.0. The Morgan fingerprint density at radius 1 is 1.18 bits per heavy atom. The zero-order valence-corrected chi connectivity index (χ0v) is 22.5. The number of hydrogen-bond donors (Lipinski definition) is 3. The lowest BCUT2D eigenvalue weighted by Gasteiger charge is -2.20. The Balaban J connectivity index is 1.55. The van der Waals surface area contributed by atoms with Crippen molar-refractivity contribution in [2.45, 2.75) is 44.9 Å². The van der Waals surface area contributed by atoms with Crippen LogP contribution in [0, 0.1) is 6.92 Å². The fourth-order valence-corrected chi connectivity index (χ4v) is 5.36. The van der Waals surface area contributed by atoms with E-state index in [0.29, 0.717) is 16.2 Å². The Labute approximate surface area is 229 Å². The van der Waals surface area contributed by atoms with E-state index in [9.17, 15) is 18.0 Å². The molecule has 0 bridgehead atoms. The van der Waals surface area contributed by atoms with E-state index in [-0.39, 0.29) is 12.1 Å². The summed E-state index contributed by atoms with van der Waals surface area (Å²) >= 11 is 6.32. The van der Waals surface area contributed by atoms with Gasteiger partial charge >= 0.3 is 6.18 Å². The number of amides is 1. The Kier molecular flexibility index (Phi) is 7.31. The molecule has 0 spiro atoms. The summed E-state index contributed by atoms with van der Waals surface area (Å²) in [6.45, 7) is 4.86. The number of carbonyl (C=O) groups excluding carboxylic acids is 1. The molecule has 0 aliphatic carbocycles. The third-order valence-electron chi connectivity index (χ3n) is 7.31. The van der Waals surface area contributed by atoms with Crippen LogP contribution in [0.3, 0.4) is 0 Å². The van der Waals surface area contributed by atoms with Crippen LogP contribution in [-0.4, -0.2) is 34.4 Å². The van der Waals surface area contributed by atoms with Crippen molar-refractivity contribution >= 4 is 39.9 Å². The molecule has 2 heterocycles. The van der Waals surface area contributed by atoms with Crippen LogP contribution in [0.15, 0.2) is 54.6 Å². The molecule has 10 heteroatoms. The molecule has 5 rings (SSSR count). The van der Waals surface area contributed by atoms with Gasteiger partial charge in [0.1, 0.15) is 5.82 Å². The molecule has 3 aromatic carbocycles. The quantitative estimate of drug-likeness (QED) is 0.227. The van der Waals surface area contributed by atoms with Gasteiger partial charge in [0, 0.05) is 22.0 Å². The molecule has 2 atom stereocenters. The van der Waals surface area contributed by atoms with Crippen LogP contribution in [0.1, 0.15) is 64.7 Å². The van der Waals surface area contributed by atoms with Gasteiger partial charge in [-0.25, -0.2) is 4.98 Å². The molecule has 1 aromatic heterocycles. The van der Waals surface area contributed by atoms with Crippen molar-refractivity contribution in [3.8, 4) is 0 Å². The number of fused-ring (bicyclic) bond motifs is 1. The van der Waals surface area contributed by atoms with E-state index >= 15 is 0 Å². The van der Waals surface area contributed by atoms with Crippen molar-refractivity contribution in [1.29, 1.82) is 0 Å². The Morgan fingerprint density at radius 2 is 1.95 bits per heavy atom. The number of H-pyrrole nitrogens is 1. The number of benzene rings is 3. The highest BCUT2D eigenvalue weighted by atomic mass is 35.5. The minimum Gasteiger partial charge on any atom is -0.378 e. The maximum Gasteiger partial charge on any atom is 0.417 e. The highest BCUT2D eigenvalue weighted by molar-refractivity contribution is 6.31. The van der Waals surface area contributed by atoms with Gasteiger partial charge in [-0.3, -0.25) is 9.69 Å². The molecule has 1 saturated heterocycles. The number of nitrogens with zero attached hydrogens (tertiary/aromatic N) is 2. The van der Waals surface area contributed by atoms with Crippen LogP contribution < -0.4 is 10.6 Å². The normalized spacial score (nSPS) is 16.9. The zero-order valence-electron chi connectivity index (χ0n) is 21.8. The summed E-state index contributed by atoms with van der Waals surface area (Å²) in [7, 11) is 2.06. The lowest BCUT2D eigenvalue weighted by molar-refractivity contribution is -0.137. The molecule has 3 N–H and O–H groups in total. The van der Waals surface area contributed by atoms with E-state index in [0.717, 1.165) is 53.6 Å². The maximum absolute atomic E-state index is 13.6. The van der Waals surface area contributed by atoms with Crippen LogP contribution in [0.2, 0.25) is 5.02 Å². The first-order valence-corrected chi connectivity index (χ1v) is 13.1. The molecule has 6 nitrogen and oxygen atoms in total. The molecule has 204 valence electrons. The zero-order chi connectivity index (χ0) is 27.9. The smallest absolute Gasteiger partial charge is 0.378 e. The molecule has 1 aliphatic heterocycles. The number of anilines is 2. The van der Waals surface area contributed by atoms with Gasteiger partial charge in [0.05, 0.1) is 34.2 Å². The van der Waals surface area contributed by atoms with Crippen molar-refractivity contribution in [3.63, 3.8) is 0 Å². The van der Waals surface area contributed by atoms with Crippen molar-refractivity contribution in [2.24, 2.45) is 0 Å². The Morgan fingerprint density at radius 3 is 2.67 bits per heavy atom.